The molecule has 0 spiro atoms. The van der Waals surface area contributed by atoms with E-state index in [0.717, 1.165) is 12.1 Å². The van der Waals surface area contributed by atoms with E-state index in [1.165, 1.54) is 12.1 Å². The predicted molar refractivity (Wildman–Crippen MR) is 144 cm³/mol. The van der Waals surface area contributed by atoms with Crippen molar-refractivity contribution in [1.29, 1.82) is 0 Å². The monoisotopic (exact) mass is 579 g/mol. The first-order valence-corrected chi connectivity index (χ1v) is 14.5. The SMILES string of the molecule is O=S(=O)([O-])c1ccc(Nc2c(S(=O)(=O)[O-])c3c(nc4ccccc4[n+]3-c3ccccc3)c3ccccc23)cc1.[Na+]. The van der Waals surface area contributed by atoms with Crippen molar-refractivity contribution in [3.8, 4) is 5.69 Å². The summed E-state index contributed by atoms with van der Waals surface area (Å²) in [4.78, 5) is 3.85. The zero-order valence-corrected chi connectivity index (χ0v) is 24.6. The number of benzene rings is 5. The van der Waals surface area contributed by atoms with Gasteiger partial charge in [0.1, 0.15) is 31.3 Å². The molecule has 40 heavy (non-hydrogen) atoms. The van der Waals surface area contributed by atoms with Gasteiger partial charge in [-0.25, -0.2) is 21.8 Å². The van der Waals surface area contributed by atoms with Crippen molar-refractivity contribution >= 4 is 64.5 Å². The summed E-state index contributed by atoms with van der Waals surface area (Å²) in [6.45, 7) is 0. The van der Waals surface area contributed by atoms with Crippen LogP contribution in [-0.2, 0) is 20.2 Å². The van der Waals surface area contributed by atoms with E-state index >= 15 is 0 Å². The molecule has 0 aliphatic heterocycles. The summed E-state index contributed by atoms with van der Waals surface area (Å²) >= 11 is 0. The average molecular weight is 580 g/mol. The third-order valence-electron chi connectivity index (χ3n) is 6.37. The van der Waals surface area contributed by atoms with Gasteiger partial charge in [0.05, 0.1) is 10.6 Å². The number of hydrogen-bond acceptors (Lipinski definition) is 8. The van der Waals surface area contributed by atoms with Crippen molar-refractivity contribution in [2.45, 2.75) is 9.79 Å². The molecule has 5 aromatic carbocycles. The van der Waals surface area contributed by atoms with Gasteiger partial charge in [0, 0.05) is 34.7 Å². The van der Waals surface area contributed by atoms with Gasteiger partial charge in [-0.15, -0.1) is 4.57 Å². The number of aromatic nitrogens is 2. The fourth-order valence-electron chi connectivity index (χ4n) is 4.75. The van der Waals surface area contributed by atoms with Crippen LogP contribution in [0.25, 0.3) is 38.5 Å². The van der Waals surface area contributed by atoms with Crippen LogP contribution in [0.2, 0.25) is 0 Å². The number of hydrogen-bond donors (Lipinski definition) is 1. The van der Waals surface area contributed by atoms with Crippen molar-refractivity contribution in [1.82, 2.24) is 4.98 Å². The summed E-state index contributed by atoms with van der Waals surface area (Å²) in [5, 5.41) is 4.02. The number of fused-ring (bicyclic) bond motifs is 4. The third kappa shape index (κ3) is 4.97. The molecule has 194 valence electrons. The molecule has 0 amide bonds. The van der Waals surface area contributed by atoms with Crippen molar-refractivity contribution in [3.63, 3.8) is 0 Å². The first kappa shape index (κ1) is 28.1. The molecule has 0 fully saturated rings. The Morgan fingerprint density at radius 3 is 1.93 bits per heavy atom. The summed E-state index contributed by atoms with van der Waals surface area (Å²) < 4.78 is 75.0. The molecule has 0 saturated carbocycles. The maximum absolute atomic E-state index is 13.0. The topological polar surface area (TPSA) is 143 Å². The second-order valence-corrected chi connectivity index (χ2v) is 11.5. The molecule has 1 aromatic heterocycles. The average Bonchev–Trinajstić information content (AvgIpc) is 2.91. The van der Waals surface area contributed by atoms with E-state index in [0.29, 0.717) is 33.0 Å². The molecule has 9 nitrogen and oxygen atoms in total. The second-order valence-electron chi connectivity index (χ2n) is 8.78. The van der Waals surface area contributed by atoms with Gasteiger partial charge in [-0.2, -0.15) is 0 Å². The smallest absolute Gasteiger partial charge is 0.744 e. The van der Waals surface area contributed by atoms with Gasteiger partial charge in [0.2, 0.25) is 11.2 Å². The molecular weight excluding hydrogens is 561 g/mol. The van der Waals surface area contributed by atoms with Gasteiger partial charge in [0.15, 0.2) is 4.90 Å². The van der Waals surface area contributed by atoms with Crippen LogP contribution in [0, 0.1) is 0 Å². The Morgan fingerprint density at radius 2 is 1.27 bits per heavy atom. The number of anilines is 2. The van der Waals surface area contributed by atoms with Crippen molar-refractivity contribution in [2.24, 2.45) is 0 Å². The predicted octanol–water partition coefficient (Wildman–Crippen LogP) is 1.37. The fourth-order valence-corrected chi connectivity index (χ4v) is 6.06. The summed E-state index contributed by atoms with van der Waals surface area (Å²) in [6, 6.07) is 28.1. The molecule has 0 unspecified atom stereocenters. The van der Waals surface area contributed by atoms with Gasteiger partial charge >= 0.3 is 29.6 Å². The molecule has 12 heteroatoms. The Labute approximate surface area is 251 Å². The Hall–Kier alpha value is -3.42. The maximum Gasteiger partial charge on any atom is 1.00 e. The van der Waals surface area contributed by atoms with Crippen LogP contribution in [0.5, 0.6) is 0 Å². The van der Waals surface area contributed by atoms with E-state index in [1.54, 1.807) is 65.2 Å². The molecule has 0 aliphatic carbocycles. The normalized spacial score (nSPS) is 11.9. The van der Waals surface area contributed by atoms with Crippen LogP contribution < -0.4 is 39.4 Å². The largest absolute Gasteiger partial charge is 1.00 e. The van der Waals surface area contributed by atoms with E-state index in [9.17, 15) is 25.9 Å². The van der Waals surface area contributed by atoms with Crippen LogP contribution in [0.15, 0.2) is 113 Å². The number of nitrogens with one attached hydrogen (secondary N) is 1. The van der Waals surface area contributed by atoms with Gasteiger partial charge in [-0.05, 0) is 30.3 Å². The molecule has 0 atom stereocenters. The zero-order chi connectivity index (χ0) is 27.4. The molecule has 0 saturated heterocycles. The number of rotatable bonds is 5. The van der Waals surface area contributed by atoms with Gasteiger partial charge in [0.25, 0.3) is 5.52 Å². The van der Waals surface area contributed by atoms with E-state index in [1.807, 2.05) is 18.2 Å². The van der Waals surface area contributed by atoms with Crippen LogP contribution in [0.4, 0.5) is 11.4 Å². The molecule has 0 radical (unpaired) electrons. The first-order chi connectivity index (χ1) is 18.6. The minimum atomic E-state index is -5.12. The standard InChI is InChI=1S/C28H19N3O6S2.Na/c32-38(33,34)20-16-14-18(15-17-20)29-26-22-11-5-4-10-21(22)25-27(28(26)39(35,36)37)31(19-8-2-1-3-9-19)24-13-7-6-12-23(24)30-25;/h1-17H,(H2,32,33,34,35,36,37);/q;+1/p-1. The van der Waals surface area contributed by atoms with E-state index < -0.39 is 30.0 Å². The fraction of sp³-hybridized carbons (Fsp3) is 0. The summed E-state index contributed by atoms with van der Waals surface area (Å²) in [6.07, 6.45) is 0. The van der Waals surface area contributed by atoms with Crippen molar-refractivity contribution in [3.05, 3.63) is 103 Å². The molecule has 6 rings (SSSR count). The number of para-hydroxylation sites is 3. The van der Waals surface area contributed by atoms with Gasteiger partial charge < -0.3 is 14.4 Å². The summed E-state index contributed by atoms with van der Waals surface area (Å²) in [5.41, 5.74) is 2.51. The Morgan fingerprint density at radius 1 is 0.675 bits per heavy atom. The Balaban J connectivity index is 0.00000323. The maximum atomic E-state index is 13.0. The molecule has 1 heterocycles. The van der Waals surface area contributed by atoms with Crippen molar-refractivity contribution in [2.75, 3.05) is 5.32 Å². The van der Waals surface area contributed by atoms with Crippen LogP contribution in [0.3, 0.4) is 0 Å². The van der Waals surface area contributed by atoms with E-state index in [2.05, 4.69) is 5.32 Å². The van der Waals surface area contributed by atoms with Crippen LogP contribution in [0.1, 0.15) is 0 Å². The Kier molecular flexibility index (Phi) is 7.40. The second kappa shape index (κ2) is 10.5. The minimum absolute atomic E-state index is 0. The summed E-state index contributed by atoms with van der Waals surface area (Å²) in [7, 11) is -9.80. The van der Waals surface area contributed by atoms with E-state index in [-0.39, 0.29) is 46.4 Å². The molecule has 6 aromatic rings. The molecular formula is C28H18N3NaO6S2. The Bertz CT molecular complexity index is 2140. The number of nitrogens with zero attached hydrogens (tertiary/aromatic N) is 2. The minimum Gasteiger partial charge on any atom is -0.744 e. The quantitative estimate of drug-likeness (QED) is 0.106. The molecule has 0 aliphatic rings. The van der Waals surface area contributed by atoms with E-state index in [4.69, 9.17) is 4.98 Å². The van der Waals surface area contributed by atoms with Gasteiger partial charge in [-0.1, -0.05) is 54.6 Å². The summed E-state index contributed by atoms with van der Waals surface area (Å²) in [5.74, 6) is 0. The van der Waals surface area contributed by atoms with Crippen LogP contribution in [-0.4, -0.2) is 30.9 Å². The van der Waals surface area contributed by atoms with Gasteiger partial charge in [-0.3, -0.25) is 0 Å². The zero-order valence-electron chi connectivity index (χ0n) is 21.0. The first-order valence-electron chi connectivity index (χ1n) is 11.7. The third-order valence-corrected chi connectivity index (χ3v) is 8.12. The van der Waals surface area contributed by atoms with Crippen molar-refractivity contribution < 1.29 is 60.1 Å². The van der Waals surface area contributed by atoms with Crippen LogP contribution >= 0.6 is 0 Å². The molecule has 1 N–H and O–H groups in total. The molecule has 0 bridgehead atoms.